The molecule has 1 unspecified atom stereocenters. The minimum Gasteiger partial charge on any atom is -0.374 e. The van der Waals surface area contributed by atoms with Gasteiger partial charge in [0, 0.05) is 25.3 Å². The minimum absolute atomic E-state index is 0.0115. The van der Waals surface area contributed by atoms with Gasteiger partial charge in [-0.3, -0.25) is 0 Å². The van der Waals surface area contributed by atoms with Crippen molar-refractivity contribution >= 4 is 5.69 Å². The SMILES string of the molecule is CC(N)Cc1ccc(N(C)CC(C)(C)C)cc1C(F)(F)F. The molecule has 0 aliphatic rings. The van der Waals surface area contributed by atoms with Gasteiger partial charge in [0.25, 0.3) is 0 Å². The van der Waals surface area contributed by atoms with Crippen molar-refractivity contribution in [3.8, 4) is 0 Å². The zero-order valence-electron chi connectivity index (χ0n) is 13.4. The van der Waals surface area contributed by atoms with Crippen LogP contribution in [0, 0.1) is 5.41 Å². The molecule has 0 aromatic heterocycles. The molecule has 0 spiro atoms. The second kappa shape index (κ2) is 6.26. The molecule has 0 radical (unpaired) electrons. The highest BCUT2D eigenvalue weighted by Crippen LogP contribution is 2.35. The van der Waals surface area contributed by atoms with Crippen molar-refractivity contribution in [2.24, 2.45) is 11.1 Å². The second-order valence-electron chi connectivity index (χ2n) is 6.94. The van der Waals surface area contributed by atoms with Crippen molar-refractivity contribution in [1.29, 1.82) is 0 Å². The van der Waals surface area contributed by atoms with Crippen LogP contribution in [0.3, 0.4) is 0 Å². The van der Waals surface area contributed by atoms with E-state index in [2.05, 4.69) is 20.8 Å². The third-order valence-corrected chi connectivity index (χ3v) is 3.09. The molecule has 2 nitrogen and oxygen atoms in total. The molecule has 0 bridgehead atoms. The number of nitrogens with zero attached hydrogens (tertiary/aromatic N) is 1. The maximum Gasteiger partial charge on any atom is 0.416 e. The highest BCUT2D eigenvalue weighted by Gasteiger charge is 2.34. The van der Waals surface area contributed by atoms with Crippen LogP contribution in [0.1, 0.15) is 38.8 Å². The zero-order valence-corrected chi connectivity index (χ0v) is 13.4. The molecule has 0 aliphatic carbocycles. The van der Waals surface area contributed by atoms with Crippen LogP contribution in [0.2, 0.25) is 0 Å². The monoisotopic (exact) mass is 302 g/mol. The Labute approximate surface area is 125 Å². The number of halogens is 3. The van der Waals surface area contributed by atoms with Gasteiger partial charge in [-0.05, 0) is 36.5 Å². The molecule has 2 N–H and O–H groups in total. The van der Waals surface area contributed by atoms with Crippen LogP contribution in [0.25, 0.3) is 0 Å². The lowest BCUT2D eigenvalue weighted by molar-refractivity contribution is -0.138. The molecule has 120 valence electrons. The van der Waals surface area contributed by atoms with Crippen LogP contribution in [-0.2, 0) is 12.6 Å². The fourth-order valence-corrected chi connectivity index (χ4v) is 2.39. The van der Waals surface area contributed by atoms with Gasteiger partial charge in [0.05, 0.1) is 5.56 Å². The molecule has 0 saturated heterocycles. The normalized spacial score (nSPS) is 14.1. The molecule has 0 amide bonds. The van der Waals surface area contributed by atoms with Crippen molar-refractivity contribution < 1.29 is 13.2 Å². The summed E-state index contributed by atoms with van der Waals surface area (Å²) in [6, 6.07) is 4.20. The molecule has 0 fully saturated rings. The van der Waals surface area contributed by atoms with Gasteiger partial charge in [-0.25, -0.2) is 0 Å². The molecule has 0 aliphatic heterocycles. The lowest BCUT2D eigenvalue weighted by Crippen LogP contribution is -2.29. The Morgan fingerprint density at radius 3 is 2.19 bits per heavy atom. The quantitative estimate of drug-likeness (QED) is 0.908. The number of hydrogen-bond donors (Lipinski definition) is 1. The van der Waals surface area contributed by atoms with Gasteiger partial charge in [0.2, 0.25) is 0 Å². The number of rotatable bonds is 4. The molecule has 21 heavy (non-hydrogen) atoms. The summed E-state index contributed by atoms with van der Waals surface area (Å²) in [7, 11) is 1.81. The van der Waals surface area contributed by atoms with Gasteiger partial charge in [0.1, 0.15) is 0 Å². The molecule has 0 saturated carbocycles. The first kappa shape index (κ1) is 17.8. The van der Waals surface area contributed by atoms with Gasteiger partial charge < -0.3 is 10.6 Å². The summed E-state index contributed by atoms with van der Waals surface area (Å²) >= 11 is 0. The highest BCUT2D eigenvalue weighted by atomic mass is 19.4. The predicted octanol–water partition coefficient (Wildman–Crippen LogP) is 4.08. The van der Waals surface area contributed by atoms with E-state index in [9.17, 15) is 13.2 Å². The van der Waals surface area contributed by atoms with Gasteiger partial charge >= 0.3 is 6.18 Å². The van der Waals surface area contributed by atoms with Gasteiger partial charge in [0.15, 0.2) is 0 Å². The average molecular weight is 302 g/mol. The molecular formula is C16H25F3N2. The summed E-state index contributed by atoms with van der Waals surface area (Å²) in [4.78, 5) is 1.85. The van der Waals surface area contributed by atoms with Crippen molar-refractivity contribution in [1.82, 2.24) is 0 Å². The highest BCUT2D eigenvalue weighted by molar-refractivity contribution is 5.51. The number of hydrogen-bond acceptors (Lipinski definition) is 2. The Morgan fingerprint density at radius 1 is 1.19 bits per heavy atom. The number of nitrogens with two attached hydrogens (primary N) is 1. The number of alkyl halides is 3. The van der Waals surface area contributed by atoms with Crippen LogP contribution in [0.5, 0.6) is 0 Å². The maximum atomic E-state index is 13.2. The van der Waals surface area contributed by atoms with E-state index in [1.54, 1.807) is 19.1 Å². The lowest BCUT2D eigenvalue weighted by Gasteiger charge is -2.29. The Balaban J connectivity index is 3.15. The van der Waals surface area contributed by atoms with E-state index in [1.165, 1.54) is 6.07 Å². The van der Waals surface area contributed by atoms with Gasteiger partial charge in [-0.2, -0.15) is 13.2 Å². The molecule has 0 heterocycles. The standard InChI is InChI=1S/C16H25F3N2/c1-11(20)8-12-6-7-13(9-14(12)16(17,18)19)21(5)10-15(2,3)4/h6-7,9,11H,8,10,20H2,1-5H3. The van der Waals surface area contributed by atoms with Crippen LogP contribution >= 0.6 is 0 Å². The van der Waals surface area contributed by atoms with E-state index < -0.39 is 11.7 Å². The Hall–Kier alpha value is -1.23. The summed E-state index contributed by atoms with van der Waals surface area (Å²) in [6.45, 7) is 8.55. The fraction of sp³-hybridized carbons (Fsp3) is 0.625. The Kier molecular flexibility index (Phi) is 5.31. The Morgan fingerprint density at radius 2 is 1.76 bits per heavy atom. The van der Waals surface area contributed by atoms with Gasteiger partial charge in [-0.15, -0.1) is 0 Å². The van der Waals surface area contributed by atoms with Crippen LogP contribution in [0.15, 0.2) is 18.2 Å². The second-order valence-corrected chi connectivity index (χ2v) is 6.94. The fourth-order valence-electron chi connectivity index (χ4n) is 2.39. The summed E-state index contributed by atoms with van der Waals surface area (Å²) in [5.74, 6) is 0. The van der Waals surface area contributed by atoms with E-state index in [4.69, 9.17) is 5.73 Å². The first-order valence-corrected chi connectivity index (χ1v) is 7.07. The smallest absolute Gasteiger partial charge is 0.374 e. The van der Waals surface area contributed by atoms with Crippen molar-refractivity contribution in [3.05, 3.63) is 29.3 Å². The third-order valence-electron chi connectivity index (χ3n) is 3.09. The van der Waals surface area contributed by atoms with Crippen LogP contribution in [0.4, 0.5) is 18.9 Å². The van der Waals surface area contributed by atoms with Crippen LogP contribution in [-0.4, -0.2) is 19.6 Å². The van der Waals surface area contributed by atoms with E-state index in [1.807, 2.05) is 11.9 Å². The van der Waals surface area contributed by atoms with E-state index in [-0.39, 0.29) is 23.4 Å². The maximum absolute atomic E-state index is 13.2. The molecule has 1 rings (SSSR count). The molecule has 1 atom stereocenters. The van der Waals surface area contributed by atoms with Gasteiger partial charge in [-0.1, -0.05) is 26.8 Å². The summed E-state index contributed by atoms with van der Waals surface area (Å²) < 4.78 is 39.7. The topological polar surface area (TPSA) is 29.3 Å². The zero-order chi connectivity index (χ0) is 16.4. The predicted molar refractivity (Wildman–Crippen MR) is 81.5 cm³/mol. The summed E-state index contributed by atoms with van der Waals surface area (Å²) in [5, 5.41) is 0. The van der Waals surface area contributed by atoms with E-state index in [0.717, 1.165) is 0 Å². The first-order chi connectivity index (χ1) is 9.40. The van der Waals surface area contributed by atoms with E-state index >= 15 is 0 Å². The Bertz CT molecular complexity index is 473. The largest absolute Gasteiger partial charge is 0.416 e. The summed E-state index contributed by atoms with van der Waals surface area (Å²) in [5.41, 5.74) is 5.90. The molecule has 5 heteroatoms. The lowest BCUT2D eigenvalue weighted by atomic mass is 9.95. The van der Waals surface area contributed by atoms with Crippen molar-refractivity contribution in [3.63, 3.8) is 0 Å². The number of anilines is 1. The van der Waals surface area contributed by atoms with E-state index in [0.29, 0.717) is 12.2 Å². The third kappa shape index (κ3) is 5.58. The van der Waals surface area contributed by atoms with Crippen molar-refractivity contribution in [2.75, 3.05) is 18.5 Å². The minimum atomic E-state index is -4.36. The first-order valence-electron chi connectivity index (χ1n) is 7.07. The van der Waals surface area contributed by atoms with Crippen molar-refractivity contribution in [2.45, 2.75) is 46.3 Å². The average Bonchev–Trinajstić information content (AvgIpc) is 2.24. The molecular weight excluding hydrogens is 277 g/mol. The molecule has 1 aromatic carbocycles. The molecule has 1 aromatic rings. The van der Waals surface area contributed by atoms with Crippen LogP contribution < -0.4 is 10.6 Å². The summed E-state index contributed by atoms with van der Waals surface area (Å²) in [6.07, 6.45) is -4.14. The number of benzene rings is 1.